The highest BCUT2D eigenvalue weighted by molar-refractivity contribution is 6.30. The van der Waals surface area contributed by atoms with Crippen molar-refractivity contribution in [2.75, 3.05) is 26.2 Å². The molecule has 3 aromatic rings. The highest BCUT2D eigenvalue weighted by atomic mass is 35.5. The zero-order valence-corrected chi connectivity index (χ0v) is 17.8. The molecule has 0 radical (unpaired) electrons. The maximum Gasteiger partial charge on any atom is 0.364 e. The predicted molar refractivity (Wildman–Crippen MR) is 120 cm³/mol. The van der Waals surface area contributed by atoms with Gasteiger partial charge in [0.2, 0.25) is 0 Å². The average molecular weight is 424 g/mol. The molecule has 1 aromatic heterocycles. The molecule has 1 saturated heterocycles. The molecule has 0 spiro atoms. The summed E-state index contributed by atoms with van der Waals surface area (Å²) >= 11 is 6.19. The summed E-state index contributed by atoms with van der Waals surface area (Å²) in [6.45, 7) is 6.28. The third kappa shape index (κ3) is 4.95. The first-order valence-corrected chi connectivity index (χ1v) is 10.7. The Balaban J connectivity index is 1.39. The van der Waals surface area contributed by atoms with Crippen LogP contribution in [0.15, 0.2) is 59.5 Å². The van der Waals surface area contributed by atoms with E-state index >= 15 is 0 Å². The molecule has 0 aliphatic carbocycles. The van der Waals surface area contributed by atoms with Gasteiger partial charge in [-0.15, -0.1) is 0 Å². The van der Waals surface area contributed by atoms with Crippen molar-refractivity contribution in [1.82, 2.24) is 25.0 Å². The molecule has 2 aromatic carbocycles. The summed E-state index contributed by atoms with van der Waals surface area (Å²) < 4.78 is 1.45. The molecule has 7 heteroatoms. The lowest BCUT2D eigenvalue weighted by Crippen LogP contribution is -2.46. The smallest absolute Gasteiger partial charge is 0.314 e. The molecule has 1 aliphatic heterocycles. The molecule has 1 unspecified atom stereocenters. The number of aryl methyl sites for hydroxylation is 2. The normalized spacial score (nSPS) is 17.2. The van der Waals surface area contributed by atoms with Crippen LogP contribution in [0.1, 0.15) is 23.6 Å². The lowest BCUT2D eigenvalue weighted by Gasteiger charge is -2.36. The Bertz CT molecular complexity index is 1050. The second-order valence-corrected chi connectivity index (χ2v) is 8.11. The number of rotatable bonds is 6. The molecule has 0 amide bonds. The SMILES string of the molecule is Cc1ccc(-c2cnn(CCCN3CCNCC3c3cccc(Cl)c3)c(=O)n2)cc1. The van der Waals surface area contributed by atoms with Gasteiger partial charge in [0.25, 0.3) is 0 Å². The van der Waals surface area contributed by atoms with Gasteiger partial charge in [-0.3, -0.25) is 4.90 Å². The van der Waals surface area contributed by atoms with E-state index in [4.69, 9.17) is 11.6 Å². The van der Waals surface area contributed by atoms with Crippen LogP contribution in [0, 0.1) is 6.92 Å². The van der Waals surface area contributed by atoms with Crippen LogP contribution in [0.25, 0.3) is 11.3 Å². The molecule has 30 heavy (non-hydrogen) atoms. The summed E-state index contributed by atoms with van der Waals surface area (Å²) in [5, 5.41) is 8.56. The van der Waals surface area contributed by atoms with Gasteiger partial charge in [-0.2, -0.15) is 10.1 Å². The Morgan fingerprint density at radius 2 is 2.00 bits per heavy atom. The molecule has 1 N–H and O–H groups in total. The van der Waals surface area contributed by atoms with Crippen molar-refractivity contribution in [3.05, 3.63) is 81.4 Å². The van der Waals surface area contributed by atoms with E-state index in [0.29, 0.717) is 12.2 Å². The zero-order chi connectivity index (χ0) is 20.9. The van der Waals surface area contributed by atoms with Crippen molar-refractivity contribution < 1.29 is 0 Å². The number of nitrogens with zero attached hydrogens (tertiary/aromatic N) is 4. The van der Waals surface area contributed by atoms with Crippen molar-refractivity contribution in [1.29, 1.82) is 0 Å². The molecule has 156 valence electrons. The van der Waals surface area contributed by atoms with Crippen LogP contribution in [0.2, 0.25) is 5.02 Å². The van der Waals surface area contributed by atoms with E-state index < -0.39 is 0 Å². The third-order valence-corrected chi connectivity index (χ3v) is 5.74. The Hall–Kier alpha value is -2.54. The quantitative estimate of drug-likeness (QED) is 0.659. The van der Waals surface area contributed by atoms with Gasteiger partial charge in [0.1, 0.15) is 0 Å². The van der Waals surface area contributed by atoms with E-state index in [0.717, 1.165) is 43.2 Å². The zero-order valence-electron chi connectivity index (χ0n) is 17.1. The molecule has 2 heterocycles. The lowest BCUT2D eigenvalue weighted by molar-refractivity contribution is 0.157. The van der Waals surface area contributed by atoms with Crippen LogP contribution in [-0.2, 0) is 6.54 Å². The monoisotopic (exact) mass is 423 g/mol. The Morgan fingerprint density at radius 1 is 1.17 bits per heavy atom. The molecular weight excluding hydrogens is 398 g/mol. The summed E-state index contributed by atoms with van der Waals surface area (Å²) in [5.74, 6) is 0. The van der Waals surface area contributed by atoms with Crippen LogP contribution < -0.4 is 11.0 Å². The predicted octanol–water partition coefficient (Wildman–Crippen LogP) is 3.30. The van der Waals surface area contributed by atoms with E-state index in [1.807, 2.05) is 49.4 Å². The first kappa shape index (κ1) is 20.7. The second-order valence-electron chi connectivity index (χ2n) is 7.68. The number of hydrogen-bond acceptors (Lipinski definition) is 5. The topological polar surface area (TPSA) is 63.1 Å². The third-order valence-electron chi connectivity index (χ3n) is 5.51. The fraction of sp³-hybridized carbons (Fsp3) is 0.348. The number of halogens is 1. The van der Waals surface area contributed by atoms with Crippen LogP contribution in [0.4, 0.5) is 0 Å². The standard InChI is InChI=1S/C23H26ClN5O/c1-17-6-8-18(9-7-17)21-15-26-29(23(30)27-21)12-3-11-28-13-10-25-16-22(28)19-4-2-5-20(24)14-19/h2,4-9,14-15,22,25H,3,10-13,16H2,1H3. The first-order chi connectivity index (χ1) is 14.6. The molecule has 4 rings (SSSR count). The number of nitrogens with one attached hydrogen (secondary N) is 1. The van der Waals surface area contributed by atoms with Crippen molar-refractivity contribution in [3.63, 3.8) is 0 Å². The number of piperazine rings is 1. The van der Waals surface area contributed by atoms with Gasteiger partial charge in [0.05, 0.1) is 11.9 Å². The maximum absolute atomic E-state index is 12.4. The minimum Gasteiger partial charge on any atom is -0.314 e. The van der Waals surface area contributed by atoms with Crippen LogP contribution in [-0.4, -0.2) is 45.8 Å². The largest absolute Gasteiger partial charge is 0.364 e. The Labute approximate surface area is 181 Å². The second kappa shape index (κ2) is 9.51. The van der Waals surface area contributed by atoms with Crippen molar-refractivity contribution >= 4 is 11.6 Å². The van der Waals surface area contributed by atoms with Gasteiger partial charge < -0.3 is 5.32 Å². The van der Waals surface area contributed by atoms with Crippen LogP contribution >= 0.6 is 11.6 Å². The Kier molecular flexibility index (Phi) is 6.57. The molecule has 0 saturated carbocycles. The van der Waals surface area contributed by atoms with E-state index in [2.05, 4.69) is 26.4 Å². The first-order valence-electron chi connectivity index (χ1n) is 10.3. The van der Waals surface area contributed by atoms with Crippen molar-refractivity contribution in [2.24, 2.45) is 0 Å². The molecule has 0 bridgehead atoms. The molecule has 1 aliphatic rings. The van der Waals surface area contributed by atoms with E-state index in [9.17, 15) is 4.79 Å². The molecule has 6 nitrogen and oxygen atoms in total. The van der Waals surface area contributed by atoms with Gasteiger partial charge in [0, 0.05) is 49.4 Å². The van der Waals surface area contributed by atoms with Crippen molar-refractivity contribution in [2.45, 2.75) is 25.9 Å². The highest BCUT2D eigenvalue weighted by Gasteiger charge is 2.23. The van der Waals surface area contributed by atoms with Crippen LogP contribution in [0.5, 0.6) is 0 Å². The summed E-state index contributed by atoms with van der Waals surface area (Å²) in [5.41, 5.74) is 3.60. The molecule has 1 atom stereocenters. The Morgan fingerprint density at radius 3 is 2.77 bits per heavy atom. The average Bonchev–Trinajstić information content (AvgIpc) is 2.76. The fourth-order valence-electron chi connectivity index (χ4n) is 3.86. The lowest BCUT2D eigenvalue weighted by atomic mass is 10.0. The van der Waals surface area contributed by atoms with Gasteiger partial charge in [-0.25, -0.2) is 9.48 Å². The van der Waals surface area contributed by atoms with E-state index in [1.165, 1.54) is 15.8 Å². The fourth-order valence-corrected chi connectivity index (χ4v) is 4.06. The highest BCUT2D eigenvalue weighted by Crippen LogP contribution is 2.24. The van der Waals surface area contributed by atoms with Gasteiger partial charge in [0.15, 0.2) is 0 Å². The summed E-state index contributed by atoms with van der Waals surface area (Å²) in [6, 6.07) is 16.3. The number of benzene rings is 2. The molecular formula is C23H26ClN5O. The van der Waals surface area contributed by atoms with Crippen molar-refractivity contribution in [3.8, 4) is 11.3 Å². The summed E-state index contributed by atoms with van der Waals surface area (Å²) in [4.78, 5) is 19.1. The number of hydrogen-bond donors (Lipinski definition) is 1. The van der Waals surface area contributed by atoms with Gasteiger partial charge in [-0.1, -0.05) is 53.6 Å². The summed E-state index contributed by atoms with van der Waals surface area (Å²) in [7, 11) is 0. The van der Waals surface area contributed by atoms with E-state index in [-0.39, 0.29) is 11.7 Å². The van der Waals surface area contributed by atoms with Gasteiger partial charge >= 0.3 is 5.69 Å². The maximum atomic E-state index is 12.4. The van der Waals surface area contributed by atoms with Gasteiger partial charge in [-0.05, 0) is 31.0 Å². The minimum absolute atomic E-state index is 0.282. The summed E-state index contributed by atoms with van der Waals surface area (Å²) in [6.07, 6.45) is 2.50. The number of aromatic nitrogens is 3. The van der Waals surface area contributed by atoms with E-state index in [1.54, 1.807) is 6.20 Å². The van der Waals surface area contributed by atoms with Crippen LogP contribution in [0.3, 0.4) is 0 Å². The minimum atomic E-state index is -0.306. The molecule has 1 fully saturated rings.